The molecule has 1 fully saturated rings. The first-order valence-electron chi connectivity index (χ1n) is 7.07. The van der Waals surface area contributed by atoms with Crippen LogP contribution in [0.25, 0.3) is 0 Å². The number of carbonyl (C=O) groups is 3. The van der Waals surface area contributed by atoms with Crippen molar-refractivity contribution in [2.75, 3.05) is 12.4 Å². The van der Waals surface area contributed by atoms with E-state index in [9.17, 15) is 19.5 Å². The zero-order valence-electron chi connectivity index (χ0n) is 12.3. The zero-order valence-corrected chi connectivity index (χ0v) is 12.3. The van der Waals surface area contributed by atoms with E-state index in [1.165, 1.54) is 13.2 Å². The average Bonchev–Trinajstić information content (AvgIpc) is 3.15. The minimum Gasteiger partial charge on any atom is -0.481 e. The number of rotatable bonds is 4. The summed E-state index contributed by atoms with van der Waals surface area (Å²) >= 11 is 0. The molecule has 23 heavy (non-hydrogen) atoms. The lowest BCUT2D eigenvalue weighted by atomic mass is 9.82. The summed E-state index contributed by atoms with van der Waals surface area (Å²) in [7, 11) is 1.27. The van der Waals surface area contributed by atoms with Crippen molar-refractivity contribution in [3.05, 3.63) is 42.0 Å². The number of ether oxygens (including phenoxy) is 2. The lowest BCUT2D eigenvalue weighted by Crippen LogP contribution is -2.39. The lowest BCUT2D eigenvalue weighted by molar-refractivity contribution is -0.145. The van der Waals surface area contributed by atoms with Crippen molar-refractivity contribution in [2.45, 2.75) is 12.2 Å². The van der Waals surface area contributed by atoms with Crippen molar-refractivity contribution in [3.63, 3.8) is 0 Å². The number of benzene rings is 1. The summed E-state index contributed by atoms with van der Waals surface area (Å²) in [5.41, 5.74) is 0.693. The molecule has 2 aliphatic rings. The molecule has 3 rings (SSSR count). The second kappa shape index (κ2) is 5.85. The summed E-state index contributed by atoms with van der Waals surface area (Å²) < 4.78 is 10.1. The van der Waals surface area contributed by atoms with Gasteiger partial charge in [0.2, 0.25) is 5.91 Å². The highest BCUT2D eigenvalue weighted by atomic mass is 16.5. The molecular formula is C16H15NO6. The predicted octanol–water partition coefficient (Wildman–Crippen LogP) is 1.07. The van der Waals surface area contributed by atoms with Gasteiger partial charge in [0, 0.05) is 5.69 Å². The topological polar surface area (TPSA) is 102 Å². The second-order valence-corrected chi connectivity index (χ2v) is 5.40. The van der Waals surface area contributed by atoms with E-state index in [0.29, 0.717) is 11.3 Å². The number of methoxy groups -OCH3 is 1. The highest BCUT2D eigenvalue weighted by molar-refractivity contribution is 5.98. The lowest BCUT2D eigenvalue weighted by Gasteiger charge is -2.21. The first kappa shape index (κ1) is 15.2. The monoisotopic (exact) mass is 317 g/mol. The number of hydrogen-bond acceptors (Lipinski definition) is 5. The van der Waals surface area contributed by atoms with Gasteiger partial charge in [0.25, 0.3) is 0 Å². The van der Waals surface area contributed by atoms with E-state index < -0.39 is 41.9 Å². The molecule has 2 aliphatic heterocycles. The third kappa shape index (κ3) is 2.70. The molecule has 0 aliphatic carbocycles. The number of esters is 1. The first-order chi connectivity index (χ1) is 11.0. The van der Waals surface area contributed by atoms with E-state index in [2.05, 4.69) is 10.1 Å². The van der Waals surface area contributed by atoms with Crippen LogP contribution in [0.15, 0.2) is 36.4 Å². The number of hydrogen-bond donors (Lipinski definition) is 2. The maximum Gasteiger partial charge on any atom is 0.337 e. The summed E-state index contributed by atoms with van der Waals surface area (Å²) in [6.45, 7) is 0. The molecule has 120 valence electrons. The van der Waals surface area contributed by atoms with Gasteiger partial charge in [0.15, 0.2) is 0 Å². The normalized spacial score (nSPS) is 27.7. The van der Waals surface area contributed by atoms with E-state index in [0.717, 1.165) is 0 Å². The largest absolute Gasteiger partial charge is 0.481 e. The van der Waals surface area contributed by atoms with E-state index in [-0.39, 0.29) is 0 Å². The van der Waals surface area contributed by atoms with Crippen molar-refractivity contribution in [1.29, 1.82) is 0 Å². The Hall–Kier alpha value is -2.67. The zero-order chi connectivity index (χ0) is 16.6. The fourth-order valence-electron chi connectivity index (χ4n) is 2.98. The third-order valence-corrected chi connectivity index (χ3v) is 4.04. The van der Waals surface area contributed by atoms with Crippen LogP contribution in [-0.2, 0) is 19.1 Å². The number of anilines is 1. The Balaban J connectivity index is 1.78. The highest BCUT2D eigenvalue weighted by Crippen LogP contribution is 2.39. The van der Waals surface area contributed by atoms with Crippen LogP contribution < -0.4 is 5.32 Å². The van der Waals surface area contributed by atoms with Crippen LogP contribution in [0.4, 0.5) is 5.69 Å². The first-order valence-corrected chi connectivity index (χ1v) is 7.07. The Morgan fingerprint density at radius 1 is 1.17 bits per heavy atom. The molecule has 0 aromatic heterocycles. The van der Waals surface area contributed by atoms with E-state index in [1.807, 2.05) is 0 Å². The van der Waals surface area contributed by atoms with Crippen LogP contribution in [0, 0.1) is 11.8 Å². The Bertz CT molecular complexity index is 698. The fraction of sp³-hybridized carbons (Fsp3) is 0.312. The molecule has 0 radical (unpaired) electrons. The molecule has 7 heteroatoms. The van der Waals surface area contributed by atoms with Crippen LogP contribution >= 0.6 is 0 Å². The van der Waals surface area contributed by atoms with Crippen LogP contribution in [0.5, 0.6) is 0 Å². The molecule has 2 N–H and O–H groups in total. The number of nitrogens with one attached hydrogen (secondary N) is 1. The molecule has 0 spiro atoms. The third-order valence-electron chi connectivity index (χ3n) is 4.04. The molecule has 1 saturated heterocycles. The van der Waals surface area contributed by atoms with Gasteiger partial charge in [0.05, 0.1) is 30.8 Å². The van der Waals surface area contributed by atoms with Gasteiger partial charge < -0.3 is 19.9 Å². The van der Waals surface area contributed by atoms with Crippen molar-refractivity contribution < 1.29 is 29.0 Å². The van der Waals surface area contributed by atoms with E-state index >= 15 is 0 Å². The van der Waals surface area contributed by atoms with E-state index in [4.69, 9.17) is 4.74 Å². The van der Waals surface area contributed by atoms with Gasteiger partial charge in [0.1, 0.15) is 5.92 Å². The second-order valence-electron chi connectivity index (χ2n) is 5.40. The van der Waals surface area contributed by atoms with Gasteiger partial charge in [-0.05, 0) is 18.2 Å². The maximum atomic E-state index is 12.5. The molecule has 1 aromatic carbocycles. The summed E-state index contributed by atoms with van der Waals surface area (Å²) in [5.74, 6) is -3.74. The summed E-state index contributed by atoms with van der Waals surface area (Å²) in [6.07, 6.45) is 2.27. The summed E-state index contributed by atoms with van der Waals surface area (Å²) in [5, 5.41) is 12.0. The van der Waals surface area contributed by atoms with Crippen LogP contribution in [0.2, 0.25) is 0 Å². The maximum absolute atomic E-state index is 12.5. The number of carboxylic acid groups (broad SMARTS) is 1. The van der Waals surface area contributed by atoms with E-state index in [1.54, 1.807) is 30.4 Å². The smallest absolute Gasteiger partial charge is 0.337 e. The molecule has 0 unspecified atom stereocenters. The minimum atomic E-state index is -1.06. The SMILES string of the molecule is COC(=O)c1cccc(NC(=O)[C@H]2[C@H](C(=O)O)[C@H]3C=C[C@H]2O3)c1. The van der Waals surface area contributed by atoms with Gasteiger partial charge in [-0.3, -0.25) is 9.59 Å². The van der Waals surface area contributed by atoms with Crippen LogP contribution in [0.1, 0.15) is 10.4 Å². The molecule has 2 bridgehead atoms. The minimum absolute atomic E-state index is 0.296. The Morgan fingerprint density at radius 3 is 2.52 bits per heavy atom. The number of carbonyl (C=O) groups excluding carboxylic acids is 2. The molecule has 7 nitrogen and oxygen atoms in total. The summed E-state index contributed by atoms with van der Waals surface area (Å²) in [6, 6.07) is 6.26. The van der Waals surface area contributed by atoms with Gasteiger partial charge in [-0.25, -0.2) is 4.79 Å². The van der Waals surface area contributed by atoms with Gasteiger partial charge >= 0.3 is 11.9 Å². The molecule has 2 heterocycles. The summed E-state index contributed by atoms with van der Waals surface area (Å²) in [4.78, 5) is 35.4. The molecule has 0 saturated carbocycles. The number of aliphatic carboxylic acids is 1. The van der Waals surface area contributed by atoms with Gasteiger partial charge in [-0.15, -0.1) is 0 Å². The number of amides is 1. The van der Waals surface area contributed by atoms with Crippen LogP contribution in [-0.4, -0.2) is 42.3 Å². The Morgan fingerprint density at radius 2 is 1.87 bits per heavy atom. The fourth-order valence-corrected chi connectivity index (χ4v) is 2.98. The Kier molecular flexibility index (Phi) is 3.87. The van der Waals surface area contributed by atoms with Gasteiger partial charge in [-0.2, -0.15) is 0 Å². The molecule has 1 aromatic rings. The predicted molar refractivity (Wildman–Crippen MR) is 78.8 cm³/mol. The van der Waals surface area contributed by atoms with Gasteiger partial charge in [-0.1, -0.05) is 18.2 Å². The number of fused-ring (bicyclic) bond motifs is 2. The van der Waals surface area contributed by atoms with Crippen molar-refractivity contribution in [2.24, 2.45) is 11.8 Å². The van der Waals surface area contributed by atoms with Crippen molar-refractivity contribution >= 4 is 23.5 Å². The number of carboxylic acids is 1. The average molecular weight is 317 g/mol. The molecule has 4 atom stereocenters. The standard InChI is InChI=1S/C16H15NO6/c1-22-16(21)8-3-2-4-9(7-8)17-14(18)12-10-5-6-11(23-10)13(12)15(19)20/h2-7,10-13H,1H3,(H,17,18)(H,19,20)/t10-,11-,12-,13-/m1/s1. The molecular weight excluding hydrogens is 302 g/mol. The highest BCUT2D eigenvalue weighted by Gasteiger charge is 2.53. The van der Waals surface area contributed by atoms with Crippen molar-refractivity contribution in [3.8, 4) is 0 Å². The quantitative estimate of drug-likeness (QED) is 0.636. The van der Waals surface area contributed by atoms with Crippen molar-refractivity contribution in [1.82, 2.24) is 0 Å². The van der Waals surface area contributed by atoms with Crippen LogP contribution in [0.3, 0.4) is 0 Å². The molecule has 1 amide bonds. The Labute approximate surface area is 131 Å².